The highest BCUT2D eigenvalue weighted by Crippen LogP contribution is 2.33. The van der Waals surface area contributed by atoms with E-state index in [1.54, 1.807) is 10.8 Å². The number of carbonyl (C=O) groups excluding carboxylic acids is 1. The van der Waals surface area contributed by atoms with E-state index in [2.05, 4.69) is 22.3 Å². The molecule has 2 aromatic heterocycles. The second-order valence-corrected chi connectivity index (χ2v) is 9.37. The molecule has 7 nitrogen and oxygen atoms in total. The second-order valence-electron chi connectivity index (χ2n) is 9.37. The number of carbonyl (C=O) groups is 1. The minimum absolute atomic E-state index is 0.232. The lowest BCUT2D eigenvalue weighted by atomic mass is 10.0. The highest BCUT2D eigenvalue weighted by Gasteiger charge is 2.37. The minimum atomic E-state index is -0.232. The van der Waals surface area contributed by atoms with Crippen molar-refractivity contribution >= 4 is 16.9 Å². The largest absolute Gasteiger partial charge is 0.464 e. The van der Waals surface area contributed by atoms with Crippen LogP contribution in [0.2, 0.25) is 0 Å². The molecule has 2 fully saturated rings. The number of nitrogens with zero attached hydrogens (tertiary/aromatic N) is 3. The number of nitrogens with one attached hydrogen (secondary N) is 1. The highest BCUT2D eigenvalue weighted by molar-refractivity contribution is 5.84. The van der Waals surface area contributed by atoms with Gasteiger partial charge in [-0.15, -0.1) is 0 Å². The van der Waals surface area contributed by atoms with Gasteiger partial charge < -0.3 is 9.32 Å². The molecule has 1 unspecified atom stereocenters. The maximum Gasteiger partial charge on any atom is 0.347 e. The van der Waals surface area contributed by atoms with Crippen LogP contribution < -0.4 is 5.69 Å². The van der Waals surface area contributed by atoms with Crippen LogP contribution >= 0.6 is 0 Å². The third-order valence-electron chi connectivity index (χ3n) is 6.96. The van der Waals surface area contributed by atoms with E-state index in [1.807, 2.05) is 42.2 Å². The Bertz CT molecular complexity index is 1410. The molecule has 1 saturated heterocycles. The molecule has 1 saturated carbocycles. The normalized spacial score (nSPS) is 18.3. The van der Waals surface area contributed by atoms with Crippen LogP contribution in [-0.2, 0) is 11.2 Å². The van der Waals surface area contributed by atoms with Gasteiger partial charge in [-0.05, 0) is 79.1 Å². The van der Waals surface area contributed by atoms with E-state index < -0.39 is 0 Å². The number of hydrogen-bond acceptors (Lipinski definition) is 4. The topological polar surface area (TPSA) is 84.1 Å². The smallest absolute Gasteiger partial charge is 0.347 e. The van der Waals surface area contributed by atoms with E-state index in [1.165, 1.54) is 0 Å². The zero-order valence-electron chi connectivity index (χ0n) is 18.6. The van der Waals surface area contributed by atoms with Crippen molar-refractivity contribution in [1.82, 2.24) is 19.7 Å². The quantitative estimate of drug-likeness (QED) is 0.505. The van der Waals surface area contributed by atoms with Crippen molar-refractivity contribution in [2.45, 2.75) is 32.6 Å². The third kappa shape index (κ3) is 3.67. The van der Waals surface area contributed by atoms with Crippen LogP contribution in [-0.4, -0.2) is 38.7 Å². The van der Waals surface area contributed by atoms with Gasteiger partial charge in [-0.2, -0.15) is 5.10 Å². The Morgan fingerprint density at radius 2 is 1.94 bits per heavy atom. The van der Waals surface area contributed by atoms with Crippen LogP contribution in [0.4, 0.5) is 0 Å². The maximum absolute atomic E-state index is 12.7. The molecule has 3 heterocycles. The predicted octanol–water partition coefficient (Wildman–Crippen LogP) is 4.08. The lowest BCUT2D eigenvalue weighted by molar-refractivity contribution is -0.131. The predicted molar refractivity (Wildman–Crippen MR) is 125 cm³/mol. The SMILES string of the molecule is Cc1cc(-c2ccc3occc3c2)ccc1-n1c(CC2CCN(C(=O)C3CC3)C2)n[nH]c1=O. The van der Waals surface area contributed by atoms with Crippen LogP contribution in [0.15, 0.2) is 57.9 Å². The Labute approximate surface area is 191 Å². The second kappa shape index (κ2) is 7.76. The molecule has 2 aliphatic rings. The monoisotopic (exact) mass is 442 g/mol. The molecule has 0 spiro atoms. The van der Waals surface area contributed by atoms with Crippen molar-refractivity contribution in [2.24, 2.45) is 11.8 Å². The number of amides is 1. The number of fused-ring (bicyclic) bond motifs is 1. The van der Waals surface area contributed by atoms with Crippen molar-refractivity contribution in [3.8, 4) is 16.8 Å². The van der Waals surface area contributed by atoms with Gasteiger partial charge in [0.2, 0.25) is 5.91 Å². The number of furan rings is 1. The maximum atomic E-state index is 12.7. The lowest BCUT2D eigenvalue weighted by Gasteiger charge is -2.16. The van der Waals surface area contributed by atoms with Gasteiger partial charge in [0.1, 0.15) is 11.4 Å². The summed E-state index contributed by atoms with van der Waals surface area (Å²) < 4.78 is 7.13. The molecular weight excluding hydrogens is 416 g/mol. The summed E-state index contributed by atoms with van der Waals surface area (Å²) in [6.07, 6.45) is 5.38. The third-order valence-corrected chi connectivity index (χ3v) is 6.96. The first kappa shape index (κ1) is 20.0. The molecule has 7 heteroatoms. The van der Waals surface area contributed by atoms with Gasteiger partial charge in [0.15, 0.2) is 0 Å². The molecule has 1 aliphatic heterocycles. The summed E-state index contributed by atoms with van der Waals surface area (Å²) in [5.74, 6) is 1.60. The molecule has 1 amide bonds. The van der Waals surface area contributed by atoms with E-state index >= 15 is 0 Å². The molecule has 1 aliphatic carbocycles. The van der Waals surface area contributed by atoms with Gasteiger partial charge >= 0.3 is 5.69 Å². The lowest BCUT2D eigenvalue weighted by Crippen LogP contribution is -2.30. The molecule has 4 aromatic rings. The summed E-state index contributed by atoms with van der Waals surface area (Å²) >= 11 is 0. The van der Waals surface area contributed by atoms with Gasteiger partial charge in [-0.25, -0.2) is 14.5 Å². The Morgan fingerprint density at radius 1 is 1.12 bits per heavy atom. The fraction of sp³-hybridized carbons (Fsp3) is 0.346. The number of rotatable bonds is 5. The first-order valence-corrected chi connectivity index (χ1v) is 11.6. The average molecular weight is 443 g/mol. The molecule has 33 heavy (non-hydrogen) atoms. The number of likely N-dealkylation sites (tertiary alicyclic amines) is 1. The zero-order valence-corrected chi connectivity index (χ0v) is 18.6. The van der Waals surface area contributed by atoms with Gasteiger partial charge in [0, 0.05) is 30.8 Å². The summed E-state index contributed by atoms with van der Waals surface area (Å²) in [6.45, 7) is 3.58. The van der Waals surface area contributed by atoms with Crippen LogP contribution in [0.25, 0.3) is 27.8 Å². The van der Waals surface area contributed by atoms with Gasteiger partial charge in [-0.3, -0.25) is 4.79 Å². The van der Waals surface area contributed by atoms with E-state index in [0.29, 0.717) is 18.2 Å². The molecule has 0 radical (unpaired) electrons. The molecule has 0 bridgehead atoms. The molecule has 2 aromatic carbocycles. The van der Waals surface area contributed by atoms with Crippen molar-refractivity contribution in [3.63, 3.8) is 0 Å². The van der Waals surface area contributed by atoms with E-state index in [4.69, 9.17) is 4.42 Å². The van der Waals surface area contributed by atoms with Crippen molar-refractivity contribution in [3.05, 3.63) is 70.6 Å². The first-order chi connectivity index (χ1) is 16.1. The minimum Gasteiger partial charge on any atom is -0.464 e. The highest BCUT2D eigenvalue weighted by atomic mass is 16.3. The van der Waals surface area contributed by atoms with Crippen molar-refractivity contribution in [2.75, 3.05) is 13.1 Å². The standard InChI is InChI=1S/C26H26N4O3/c1-16-12-19(20-5-7-23-21(14-20)9-11-33-23)4-6-22(16)30-24(27-28-26(30)32)13-17-8-10-29(15-17)25(31)18-2-3-18/h4-7,9,11-12,14,17-18H,2-3,8,10,13,15H2,1H3,(H,28,32). The van der Waals surface area contributed by atoms with Gasteiger partial charge in [0.05, 0.1) is 12.0 Å². The van der Waals surface area contributed by atoms with Gasteiger partial charge in [0.25, 0.3) is 0 Å². The summed E-state index contributed by atoms with van der Waals surface area (Å²) in [5.41, 5.74) is 4.66. The fourth-order valence-corrected chi connectivity index (χ4v) is 4.99. The zero-order chi connectivity index (χ0) is 22.5. The molecule has 168 valence electrons. The summed E-state index contributed by atoms with van der Waals surface area (Å²) in [4.78, 5) is 27.1. The average Bonchev–Trinajstić information content (AvgIpc) is 3.21. The number of benzene rings is 2. The van der Waals surface area contributed by atoms with E-state index in [0.717, 1.165) is 71.5 Å². The number of aryl methyl sites for hydroxylation is 1. The van der Waals surface area contributed by atoms with Crippen LogP contribution in [0.1, 0.15) is 30.7 Å². The summed E-state index contributed by atoms with van der Waals surface area (Å²) in [5, 5.41) is 8.03. The number of aromatic nitrogens is 3. The molecule has 1 N–H and O–H groups in total. The Morgan fingerprint density at radius 3 is 2.76 bits per heavy atom. The molecule has 6 rings (SSSR count). The Hall–Kier alpha value is -3.61. The van der Waals surface area contributed by atoms with Crippen molar-refractivity contribution < 1.29 is 9.21 Å². The van der Waals surface area contributed by atoms with Crippen LogP contribution in [0.3, 0.4) is 0 Å². The summed E-state index contributed by atoms with van der Waals surface area (Å²) in [6, 6.07) is 14.2. The summed E-state index contributed by atoms with van der Waals surface area (Å²) in [7, 11) is 0. The van der Waals surface area contributed by atoms with E-state index in [-0.39, 0.29) is 11.6 Å². The fourth-order valence-electron chi connectivity index (χ4n) is 4.99. The Balaban J connectivity index is 1.26. The van der Waals surface area contributed by atoms with Crippen LogP contribution in [0, 0.1) is 18.8 Å². The molecule has 1 atom stereocenters. The first-order valence-electron chi connectivity index (χ1n) is 11.6. The number of H-pyrrole nitrogens is 1. The number of hydrogen-bond donors (Lipinski definition) is 1. The van der Waals surface area contributed by atoms with E-state index in [9.17, 15) is 9.59 Å². The Kier molecular flexibility index (Phi) is 4.71. The molecular formula is C26H26N4O3. The number of aromatic amines is 1. The van der Waals surface area contributed by atoms with Gasteiger partial charge in [-0.1, -0.05) is 12.1 Å². The van der Waals surface area contributed by atoms with Crippen LogP contribution in [0.5, 0.6) is 0 Å². The van der Waals surface area contributed by atoms with Crippen molar-refractivity contribution in [1.29, 1.82) is 0 Å².